The summed E-state index contributed by atoms with van der Waals surface area (Å²) in [4.78, 5) is 0. The van der Waals surface area contributed by atoms with Gasteiger partial charge in [0, 0.05) is 0 Å². The van der Waals surface area contributed by atoms with E-state index in [1.165, 1.54) is 0 Å². The fraction of sp³-hybridized carbons (Fsp3) is 1.00. The second kappa shape index (κ2) is 2.66. The maximum atomic E-state index is 10.4. The minimum atomic E-state index is -3.34. The average Bonchev–Trinajstić information content (AvgIpc) is 1.25. The lowest BCUT2D eigenvalue weighted by atomic mass is 10.3. The Balaban J connectivity index is 0. The van der Waals surface area contributed by atoms with Crippen molar-refractivity contribution in [2.24, 2.45) is 5.14 Å². The van der Waals surface area contributed by atoms with Crippen LogP contribution in [0.2, 0.25) is 0 Å². The van der Waals surface area contributed by atoms with Gasteiger partial charge >= 0.3 is 0 Å². The van der Waals surface area contributed by atoms with Crippen LogP contribution in [0.1, 0.15) is 28.2 Å². The Hall–Kier alpha value is -0.0900. The number of hydrogen-bond acceptors (Lipinski definition) is 2. The predicted molar refractivity (Wildman–Crippen MR) is 39.6 cm³/mol. The van der Waals surface area contributed by atoms with E-state index >= 15 is 0 Å². The summed E-state index contributed by atoms with van der Waals surface area (Å²) in [6, 6.07) is 0. The number of primary sulfonamides is 1. The lowest BCUT2D eigenvalue weighted by Gasteiger charge is -2.13. The molecule has 0 aliphatic carbocycles. The van der Waals surface area contributed by atoms with E-state index in [1.807, 2.05) is 0 Å². The molecule has 3 nitrogen and oxygen atoms in total. The molecule has 0 atom stereocenters. The van der Waals surface area contributed by atoms with Crippen molar-refractivity contribution >= 4 is 10.0 Å². The molecule has 0 fully saturated rings. The third kappa shape index (κ3) is 3.48. The van der Waals surface area contributed by atoms with Gasteiger partial charge in [-0.05, 0) is 20.8 Å². The highest BCUT2D eigenvalue weighted by atomic mass is 32.2. The molecule has 9 heavy (non-hydrogen) atoms. The summed E-state index contributed by atoms with van der Waals surface area (Å²) < 4.78 is 20.0. The fourth-order valence-electron chi connectivity index (χ4n) is 0. The molecule has 0 saturated carbocycles. The topological polar surface area (TPSA) is 60.2 Å². The zero-order valence-corrected chi connectivity index (χ0v) is 6.12. The SMILES string of the molecule is C.CC(C)(C)S(N)(=O)=O. The maximum Gasteiger partial charge on any atom is 0.214 e. The Bertz CT molecular complexity index is 164. The van der Waals surface area contributed by atoms with Crippen molar-refractivity contribution in [3.8, 4) is 0 Å². The standard InChI is InChI=1S/C4H11NO2S.CH4/c1-4(2,3)8(5,6)7;/h1-3H3,(H2,5,6,7);1H4. The first kappa shape index (κ1) is 11.7. The van der Waals surface area contributed by atoms with Crippen molar-refractivity contribution in [2.75, 3.05) is 0 Å². The Morgan fingerprint density at radius 2 is 1.33 bits per heavy atom. The number of nitrogens with two attached hydrogens (primary N) is 1. The van der Waals surface area contributed by atoms with Crippen molar-refractivity contribution in [3.05, 3.63) is 0 Å². The van der Waals surface area contributed by atoms with Crippen LogP contribution in [0.5, 0.6) is 0 Å². The molecule has 0 aromatic rings. The molecule has 2 N–H and O–H groups in total. The van der Waals surface area contributed by atoms with Gasteiger partial charge in [0.1, 0.15) is 0 Å². The van der Waals surface area contributed by atoms with Crippen LogP contribution in [0.4, 0.5) is 0 Å². The van der Waals surface area contributed by atoms with Gasteiger partial charge in [-0.15, -0.1) is 0 Å². The van der Waals surface area contributed by atoms with E-state index in [4.69, 9.17) is 5.14 Å². The molecule has 0 bridgehead atoms. The van der Waals surface area contributed by atoms with Crippen LogP contribution in [0, 0.1) is 0 Å². The molecule has 0 radical (unpaired) electrons. The van der Waals surface area contributed by atoms with Crippen molar-refractivity contribution < 1.29 is 8.42 Å². The summed E-state index contributed by atoms with van der Waals surface area (Å²) in [6.45, 7) is 4.67. The Morgan fingerprint density at radius 3 is 1.33 bits per heavy atom. The lowest BCUT2D eigenvalue weighted by molar-refractivity contribution is 0.562. The van der Waals surface area contributed by atoms with Crippen molar-refractivity contribution in [1.82, 2.24) is 0 Å². The van der Waals surface area contributed by atoms with Gasteiger partial charge in [-0.1, -0.05) is 7.43 Å². The van der Waals surface area contributed by atoms with E-state index in [1.54, 1.807) is 20.8 Å². The lowest BCUT2D eigenvalue weighted by Crippen LogP contribution is -2.34. The van der Waals surface area contributed by atoms with Crippen molar-refractivity contribution in [3.63, 3.8) is 0 Å². The molecule has 0 amide bonds. The molecule has 0 aliphatic rings. The van der Waals surface area contributed by atoms with Crippen molar-refractivity contribution in [1.29, 1.82) is 0 Å². The first-order valence-corrected chi connectivity index (χ1v) is 3.82. The van der Waals surface area contributed by atoms with Gasteiger partial charge in [0.25, 0.3) is 0 Å². The summed E-state index contributed by atoms with van der Waals surface area (Å²) in [6.07, 6.45) is 0. The van der Waals surface area contributed by atoms with Gasteiger partial charge in [-0.2, -0.15) is 0 Å². The van der Waals surface area contributed by atoms with Gasteiger partial charge in [-0.25, -0.2) is 13.6 Å². The van der Waals surface area contributed by atoms with E-state index in [0.717, 1.165) is 0 Å². The highest BCUT2D eigenvalue weighted by molar-refractivity contribution is 7.90. The molecule has 58 valence electrons. The Labute approximate surface area is 57.3 Å². The maximum absolute atomic E-state index is 10.4. The van der Waals surface area contributed by atoms with E-state index in [0.29, 0.717) is 0 Å². The van der Waals surface area contributed by atoms with Crippen LogP contribution in [-0.2, 0) is 10.0 Å². The molecular formula is C5H15NO2S. The Morgan fingerprint density at radius 1 is 1.22 bits per heavy atom. The zero-order valence-electron chi connectivity index (χ0n) is 5.30. The molecule has 0 rings (SSSR count). The molecule has 0 heterocycles. The first-order chi connectivity index (χ1) is 3.25. The van der Waals surface area contributed by atoms with Crippen LogP contribution in [0.25, 0.3) is 0 Å². The summed E-state index contributed by atoms with van der Waals surface area (Å²) in [5, 5.41) is 4.78. The summed E-state index contributed by atoms with van der Waals surface area (Å²) in [7, 11) is -3.34. The molecule has 0 saturated heterocycles. The normalized spacial score (nSPS) is 12.4. The van der Waals surface area contributed by atoms with Crippen LogP contribution >= 0.6 is 0 Å². The summed E-state index contributed by atoms with van der Waals surface area (Å²) >= 11 is 0. The molecule has 4 heteroatoms. The van der Waals surface area contributed by atoms with Gasteiger partial charge in [0.2, 0.25) is 10.0 Å². The zero-order chi connectivity index (χ0) is 7.00. The molecule has 0 unspecified atom stereocenters. The first-order valence-electron chi connectivity index (χ1n) is 2.27. The monoisotopic (exact) mass is 153 g/mol. The predicted octanol–water partition coefficient (Wildman–Crippen LogP) is 0.710. The fourth-order valence-corrected chi connectivity index (χ4v) is 0. The van der Waals surface area contributed by atoms with Gasteiger partial charge in [0.05, 0.1) is 4.75 Å². The van der Waals surface area contributed by atoms with Gasteiger partial charge in [0.15, 0.2) is 0 Å². The van der Waals surface area contributed by atoms with Crippen LogP contribution in [-0.4, -0.2) is 13.2 Å². The Kier molecular flexibility index (Phi) is 3.45. The van der Waals surface area contributed by atoms with Gasteiger partial charge in [-0.3, -0.25) is 0 Å². The average molecular weight is 153 g/mol. The van der Waals surface area contributed by atoms with Crippen LogP contribution in [0.3, 0.4) is 0 Å². The quantitative estimate of drug-likeness (QED) is 0.557. The van der Waals surface area contributed by atoms with E-state index in [-0.39, 0.29) is 7.43 Å². The second-order valence-corrected chi connectivity index (χ2v) is 4.97. The molecule has 0 aromatic heterocycles. The number of sulfonamides is 1. The minimum Gasteiger partial charge on any atom is -0.228 e. The molecule has 0 aliphatic heterocycles. The summed E-state index contributed by atoms with van der Waals surface area (Å²) in [5.41, 5.74) is 0. The van der Waals surface area contributed by atoms with E-state index in [9.17, 15) is 8.42 Å². The van der Waals surface area contributed by atoms with Crippen LogP contribution in [0.15, 0.2) is 0 Å². The molecule has 0 spiro atoms. The summed E-state index contributed by atoms with van der Waals surface area (Å²) in [5.74, 6) is 0. The van der Waals surface area contributed by atoms with Crippen LogP contribution < -0.4 is 5.14 Å². The minimum absolute atomic E-state index is 0. The van der Waals surface area contributed by atoms with E-state index < -0.39 is 14.8 Å². The highest BCUT2D eigenvalue weighted by Crippen LogP contribution is 2.09. The van der Waals surface area contributed by atoms with Gasteiger partial charge < -0.3 is 0 Å². The number of rotatable bonds is 0. The molecule has 0 aromatic carbocycles. The highest BCUT2D eigenvalue weighted by Gasteiger charge is 2.23. The third-order valence-electron chi connectivity index (χ3n) is 0.854. The third-order valence-corrected chi connectivity index (χ3v) is 2.56. The molecular weight excluding hydrogens is 138 g/mol. The van der Waals surface area contributed by atoms with Crippen molar-refractivity contribution in [2.45, 2.75) is 32.9 Å². The number of hydrogen-bond donors (Lipinski definition) is 1. The second-order valence-electron chi connectivity index (χ2n) is 2.66. The smallest absolute Gasteiger partial charge is 0.214 e. The van der Waals surface area contributed by atoms with E-state index in [2.05, 4.69) is 0 Å². The largest absolute Gasteiger partial charge is 0.228 e.